The molecule has 0 aromatic carbocycles. The van der Waals surface area contributed by atoms with E-state index < -0.39 is 23.5 Å². The molecule has 4 heteroatoms. The molecule has 1 saturated heterocycles. The van der Waals surface area contributed by atoms with E-state index in [-0.39, 0.29) is 6.42 Å². The summed E-state index contributed by atoms with van der Waals surface area (Å²) in [5.74, 6) is -2.50. The van der Waals surface area contributed by atoms with E-state index in [4.69, 9.17) is 4.74 Å². The first kappa shape index (κ1) is 8.04. The second-order valence-corrected chi connectivity index (χ2v) is 3.15. The van der Waals surface area contributed by atoms with E-state index in [1.807, 2.05) is 0 Å². The maximum Gasteiger partial charge on any atom is 0.307 e. The number of carboxylic acid groups (broad SMARTS) is 1. The van der Waals surface area contributed by atoms with Gasteiger partial charge >= 0.3 is 5.97 Å². The van der Waals surface area contributed by atoms with Gasteiger partial charge in [0.15, 0.2) is 0 Å². The minimum Gasteiger partial charge on any atom is -0.550 e. The molecule has 0 amide bonds. The van der Waals surface area contributed by atoms with E-state index in [1.165, 1.54) is 0 Å². The van der Waals surface area contributed by atoms with Crippen LogP contribution in [0.5, 0.6) is 0 Å². The summed E-state index contributed by atoms with van der Waals surface area (Å²) in [4.78, 5) is 21.1. The fourth-order valence-electron chi connectivity index (χ4n) is 1.19. The van der Waals surface area contributed by atoms with Gasteiger partial charge in [-0.2, -0.15) is 0 Å². The largest absolute Gasteiger partial charge is 0.550 e. The molecule has 0 radical (unpaired) electrons. The highest BCUT2D eigenvalue weighted by atomic mass is 16.6. The van der Waals surface area contributed by atoms with Gasteiger partial charge in [0.2, 0.25) is 0 Å². The summed E-state index contributed by atoms with van der Waals surface area (Å²) < 4.78 is 4.76. The van der Waals surface area contributed by atoms with Gasteiger partial charge in [-0.15, -0.1) is 0 Å². The quantitative estimate of drug-likeness (QED) is 0.461. The highest BCUT2D eigenvalue weighted by Crippen LogP contribution is 2.31. The normalized spacial score (nSPS) is 28.2. The molecule has 0 aliphatic carbocycles. The molecular formula is C7H9O4-. The van der Waals surface area contributed by atoms with E-state index in [0.29, 0.717) is 0 Å². The van der Waals surface area contributed by atoms with Crippen LogP contribution < -0.4 is 5.11 Å². The third-order valence-electron chi connectivity index (χ3n) is 1.87. The summed E-state index contributed by atoms with van der Waals surface area (Å²) in [6.45, 7) is 3.14. The summed E-state index contributed by atoms with van der Waals surface area (Å²) in [7, 11) is 0. The van der Waals surface area contributed by atoms with Crippen molar-refractivity contribution in [3.63, 3.8) is 0 Å². The molecule has 1 rings (SSSR count). The number of rotatable bonds is 1. The van der Waals surface area contributed by atoms with Crippen LogP contribution in [-0.4, -0.2) is 17.5 Å². The average molecular weight is 157 g/mol. The summed E-state index contributed by atoms with van der Waals surface area (Å²) in [5.41, 5.74) is -0.907. The Morgan fingerprint density at radius 2 is 2.27 bits per heavy atom. The Hall–Kier alpha value is -1.06. The van der Waals surface area contributed by atoms with Crippen molar-refractivity contribution in [3.8, 4) is 0 Å². The minimum absolute atomic E-state index is 0.0741. The van der Waals surface area contributed by atoms with Crippen LogP contribution >= 0.6 is 0 Å². The van der Waals surface area contributed by atoms with Gasteiger partial charge in [-0.3, -0.25) is 4.79 Å². The lowest BCUT2D eigenvalue weighted by atomic mass is 9.91. The molecule has 4 nitrogen and oxygen atoms in total. The van der Waals surface area contributed by atoms with Crippen molar-refractivity contribution < 1.29 is 19.4 Å². The smallest absolute Gasteiger partial charge is 0.307 e. The summed E-state index contributed by atoms with van der Waals surface area (Å²) in [6.07, 6.45) is -0.0741. The lowest BCUT2D eigenvalue weighted by Crippen LogP contribution is -2.41. The van der Waals surface area contributed by atoms with Gasteiger partial charge in [0.1, 0.15) is 5.60 Å². The van der Waals surface area contributed by atoms with E-state index in [1.54, 1.807) is 13.8 Å². The first-order valence-electron chi connectivity index (χ1n) is 3.36. The molecular weight excluding hydrogens is 148 g/mol. The Bertz CT molecular complexity index is 206. The zero-order valence-electron chi connectivity index (χ0n) is 6.42. The summed E-state index contributed by atoms with van der Waals surface area (Å²) in [6, 6.07) is 0. The van der Waals surface area contributed by atoms with Crippen molar-refractivity contribution in [2.75, 3.05) is 0 Å². The molecule has 1 aliphatic rings. The van der Waals surface area contributed by atoms with Gasteiger partial charge in [-0.1, -0.05) is 0 Å². The molecule has 0 saturated carbocycles. The Balaban J connectivity index is 2.82. The summed E-state index contributed by atoms with van der Waals surface area (Å²) >= 11 is 0. The highest BCUT2D eigenvalue weighted by Gasteiger charge is 2.42. The molecule has 0 spiro atoms. The van der Waals surface area contributed by atoms with Crippen LogP contribution in [0, 0.1) is 5.92 Å². The fraction of sp³-hybridized carbons (Fsp3) is 0.714. The third kappa shape index (κ3) is 1.34. The first-order chi connectivity index (χ1) is 4.93. The van der Waals surface area contributed by atoms with Crippen molar-refractivity contribution >= 4 is 11.9 Å². The zero-order chi connectivity index (χ0) is 8.65. The standard InChI is InChI=1S/C7H10O4/c1-7(2)4(6(9)10)3-5(8)11-7/h4H,3H2,1-2H3,(H,9,10)/p-1/t4-/m1/s1. The summed E-state index contributed by atoms with van der Waals surface area (Å²) in [5, 5.41) is 10.4. The maximum absolute atomic E-state index is 10.7. The number of hydrogen-bond acceptors (Lipinski definition) is 4. The van der Waals surface area contributed by atoms with Crippen molar-refractivity contribution in [3.05, 3.63) is 0 Å². The van der Waals surface area contributed by atoms with E-state index in [9.17, 15) is 14.7 Å². The van der Waals surface area contributed by atoms with Gasteiger partial charge < -0.3 is 14.6 Å². The van der Waals surface area contributed by atoms with Crippen LogP contribution in [0.4, 0.5) is 0 Å². The van der Waals surface area contributed by atoms with Crippen LogP contribution in [0.15, 0.2) is 0 Å². The zero-order valence-corrected chi connectivity index (χ0v) is 6.42. The SMILES string of the molecule is CC1(C)OC(=O)C[C@@H]1C(=O)[O-]. The Kier molecular flexibility index (Phi) is 1.62. The molecule has 0 N–H and O–H groups in total. The second kappa shape index (κ2) is 2.22. The number of hydrogen-bond donors (Lipinski definition) is 0. The fourth-order valence-corrected chi connectivity index (χ4v) is 1.19. The van der Waals surface area contributed by atoms with Gasteiger partial charge in [0.25, 0.3) is 0 Å². The van der Waals surface area contributed by atoms with Gasteiger partial charge in [-0.05, 0) is 13.8 Å². The minimum atomic E-state index is -1.22. The van der Waals surface area contributed by atoms with Crippen LogP contribution in [-0.2, 0) is 14.3 Å². The number of carboxylic acids is 1. The van der Waals surface area contributed by atoms with Crippen molar-refractivity contribution in [2.24, 2.45) is 5.92 Å². The molecule has 1 heterocycles. The van der Waals surface area contributed by atoms with E-state index in [0.717, 1.165) is 0 Å². The number of cyclic esters (lactones) is 1. The van der Waals surface area contributed by atoms with Crippen molar-refractivity contribution in [1.29, 1.82) is 0 Å². The number of aliphatic carboxylic acids is 1. The molecule has 1 aliphatic heterocycles. The Morgan fingerprint density at radius 1 is 1.73 bits per heavy atom. The first-order valence-corrected chi connectivity index (χ1v) is 3.36. The van der Waals surface area contributed by atoms with E-state index >= 15 is 0 Å². The van der Waals surface area contributed by atoms with Crippen LogP contribution in [0.25, 0.3) is 0 Å². The van der Waals surface area contributed by atoms with Crippen LogP contribution in [0.1, 0.15) is 20.3 Å². The average Bonchev–Trinajstić information content (AvgIpc) is 2.04. The molecule has 1 fully saturated rings. The predicted molar refractivity (Wildman–Crippen MR) is 33.3 cm³/mol. The predicted octanol–water partition coefficient (Wildman–Crippen LogP) is -0.922. The molecule has 0 aromatic heterocycles. The lowest BCUT2D eigenvalue weighted by Gasteiger charge is -2.24. The number of carbonyl (C=O) groups excluding carboxylic acids is 2. The lowest BCUT2D eigenvalue weighted by molar-refractivity contribution is -0.314. The molecule has 1 atom stereocenters. The van der Waals surface area contributed by atoms with Gasteiger partial charge in [0, 0.05) is 11.9 Å². The number of esters is 1. The number of carbonyl (C=O) groups is 2. The Morgan fingerprint density at radius 3 is 2.45 bits per heavy atom. The van der Waals surface area contributed by atoms with E-state index in [2.05, 4.69) is 0 Å². The van der Waals surface area contributed by atoms with Crippen molar-refractivity contribution in [1.82, 2.24) is 0 Å². The number of ether oxygens (including phenoxy) is 1. The molecule has 62 valence electrons. The second-order valence-electron chi connectivity index (χ2n) is 3.15. The molecule has 0 unspecified atom stereocenters. The maximum atomic E-state index is 10.7. The molecule has 0 bridgehead atoms. The highest BCUT2D eigenvalue weighted by molar-refractivity contribution is 5.82. The van der Waals surface area contributed by atoms with Crippen LogP contribution in [0.3, 0.4) is 0 Å². The van der Waals surface area contributed by atoms with Gasteiger partial charge in [-0.25, -0.2) is 0 Å². The molecule has 11 heavy (non-hydrogen) atoms. The third-order valence-corrected chi connectivity index (χ3v) is 1.87. The monoisotopic (exact) mass is 157 g/mol. The van der Waals surface area contributed by atoms with Crippen LogP contribution in [0.2, 0.25) is 0 Å². The van der Waals surface area contributed by atoms with Crippen molar-refractivity contribution in [2.45, 2.75) is 25.9 Å². The van der Waals surface area contributed by atoms with Gasteiger partial charge in [0.05, 0.1) is 6.42 Å². The Labute approximate surface area is 64.2 Å². The topological polar surface area (TPSA) is 66.4 Å². The molecule has 0 aromatic rings.